The zero-order valence-corrected chi connectivity index (χ0v) is 20.5. The molecule has 2 N–H and O–H groups in total. The average molecular weight is 513 g/mol. The van der Waals surface area contributed by atoms with Gasteiger partial charge in [-0.2, -0.15) is 13.2 Å². The van der Waals surface area contributed by atoms with Crippen LogP contribution in [0.15, 0.2) is 47.4 Å². The van der Waals surface area contributed by atoms with Gasteiger partial charge in [-0.3, -0.25) is 9.59 Å². The van der Waals surface area contributed by atoms with Crippen molar-refractivity contribution in [3.8, 4) is 0 Å². The van der Waals surface area contributed by atoms with Gasteiger partial charge < -0.3 is 15.3 Å². The number of hydrogen-bond donors (Lipinski definition) is 2. The summed E-state index contributed by atoms with van der Waals surface area (Å²) in [5.41, 5.74) is -2.28. The van der Waals surface area contributed by atoms with Crippen LogP contribution >= 0.6 is 0 Å². The number of alkyl halides is 3. The van der Waals surface area contributed by atoms with Gasteiger partial charge in [0.1, 0.15) is 6.04 Å². The van der Waals surface area contributed by atoms with Crippen LogP contribution in [0.25, 0.3) is 0 Å². The first kappa shape index (κ1) is 26.7. The molecule has 0 radical (unpaired) electrons. The molecule has 0 aromatic heterocycles. The van der Waals surface area contributed by atoms with Gasteiger partial charge in [-0.15, -0.1) is 0 Å². The van der Waals surface area contributed by atoms with E-state index in [0.717, 1.165) is 12.1 Å². The summed E-state index contributed by atoms with van der Waals surface area (Å²) >= 11 is 0. The third-order valence-electron chi connectivity index (χ3n) is 5.89. The lowest BCUT2D eigenvalue weighted by Crippen LogP contribution is -2.39. The van der Waals surface area contributed by atoms with Gasteiger partial charge >= 0.3 is 6.18 Å². The number of carbonyl (C=O) groups excluding carboxylic acids is 2. The van der Waals surface area contributed by atoms with Crippen molar-refractivity contribution < 1.29 is 36.3 Å². The number of halogens is 3. The molecule has 1 heterocycles. The Balaban J connectivity index is 1.88. The van der Waals surface area contributed by atoms with Crippen molar-refractivity contribution in [2.75, 3.05) is 11.1 Å². The second-order valence-electron chi connectivity index (χ2n) is 9.22. The lowest BCUT2D eigenvalue weighted by atomic mass is 9.95. The smallest absolute Gasteiger partial charge is 0.376 e. The fraction of sp³-hybridized carbons (Fsp3) is 0.417. The molecule has 2 aromatic rings. The number of nitrogens with one attached hydrogen (secondary N) is 1. The van der Waals surface area contributed by atoms with Crippen LogP contribution in [0.2, 0.25) is 0 Å². The van der Waals surface area contributed by atoms with Gasteiger partial charge in [0.05, 0.1) is 10.6 Å². The predicted octanol–water partition coefficient (Wildman–Crippen LogP) is 3.93. The number of nitrogens with zero attached hydrogens (tertiary/aromatic N) is 1. The lowest BCUT2D eigenvalue weighted by Gasteiger charge is -2.27. The largest absolute Gasteiger partial charge is 0.421 e. The van der Waals surface area contributed by atoms with Crippen molar-refractivity contribution >= 4 is 27.3 Å². The number of sulfone groups is 1. The molecular formula is C24H27F3N2O5S. The van der Waals surface area contributed by atoms with Crippen molar-refractivity contribution in [2.24, 2.45) is 5.92 Å². The topological polar surface area (TPSA) is 104 Å². The van der Waals surface area contributed by atoms with E-state index in [0.29, 0.717) is 18.1 Å². The number of aliphatic hydroxyl groups is 1. The molecule has 0 aliphatic carbocycles. The van der Waals surface area contributed by atoms with Gasteiger partial charge in [0, 0.05) is 19.2 Å². The minimum Gasteiger partial charge on any atom is -0.376 e. The summed E-state index contributed by atoms with van der Waals surface area (Å²) in [6.07, 6.45) is -4.88. The Bertz CT molecular complexity index is 1240. The van der Waals surface area contributed by atoms with Gasteiger partial charge in [0.15, 0.2) is 15.4 Å². The van der Waals surface area contributed by atoms with E-state index in [1.165, 1.54) is 42.2 Å². The summed E-state index contributed by atoms with van der Waals surface area (Å²) in [4.78, 5) is 26.8. The zero-order chi connectivity index (χ0) is 26.3. The highest BCUT2D eigenvalue weighted by Gasteiger charge is 2.51. The van der Waals surface area contributed by atoms with Gasteiger partial charge in [0.2, 0.25) is 5.91 Å². The first-order valence-corrected chi connectivity index (χ1v) is 12.5. The van der Waals surface area contributed by atoms with Crippen molar-refractivity contribution in [2.45, 2.75) is 57.0 Å². The third-order valence-corrected chi connectivity index (χ3v) is 7.97. The summed E-state index contributed by atoms with van der Waals surface area (Å²) in [7, 11) is -3.54. The highest BCUT2D eigenvalue weighted by atomic mass is 32.2. The van der Waals surface area contributed by atoms with Crippen LogP contribution < -0.4 is 5.32 Å². The molecule has 35 heavy (non-hydrogen) atoms. The standard InChI is InChI=1S/C24H27F3N2O5S/c1-14(2)13-35(33,34)19-9-10-20-16(11-19)12-29(15(3)30)21(20)22(31)28-18-7-5-17(6-8-18)23(4,32)24(25,26)27/h5-11,14,21,32H,12-13H2,1-4H3,(H,28,31). The molecule has 0 spiro atoms. The Hall–Kier alpha value is -2.92. The van der Waals surface area contributed by atoms with E-state index >= 15 is 0 Å². The van der Waals surface area contributed by atoms with Crippen molar-refractivity contribution in [3.05, 3.63) is 59.2 Å². The minimum absolute atomic E-state index is 0.0383. The van der Waals surface area contributed by atoms with E-state index in [1.54, 1.807) is 13.8 Å². The SMILES string of the molecule is CC(=O)N1Cc2cc(S(=O)(=O)CC(C)C)ccc2C1C(=O)Nc1ccc(C(C)(O)C(F)(F)F)cc1. The predicted molar refractivity (Wildman–Crippen MR) is 123 cm³/mol. The Morgan fingerprint density at radius 1 is 1.14 bits per heavy atom. The summed E-state index contributed by atoms with van der Waals surface area (Å²) in [6, 6.07) is 7.92. The highest BCUT2D eigenvalue weighted by molar-refractivity contribution is 7.91. The minimum atomic E-state index is -4.88. The molecule has 7 nitrogen and oxygen atoms in total. The molecule has 11 heteroatoms. The highest BCUT2D eigenvalue weighted by Crippen LogP contribution is 2.39. The number of amides is 2. The quantitative estimate of drug-likeness (QED) is 0.611. The Morgan fingerprint density at radius 2 is 1.74 bits per heavy atom. The van der Waals surface area contributed by atoms with Crippen LogP contribution in [-0.2, 0) is 31.6 Å². The molecule has 0 fully saturated rings. The fourth-order valence-corrected chi connectivity index (χ4v) is 5.65. The van der Waals surface area contributed by atoms with E-state index in [9.17, 15) is 36.3 Å². The van der Waals surface area contributed by atoms with Crippen LogP contribution in [0.4, 0.5) is 18.9 Å². The fourth-order valence-electron chi connectivity index (χ4n) is 3.99. The average Bonchev–Trinajstić information content (AvgIpc) is 3.11. The van der Waals surface area contributed by atoms with Gasteiger partial charge in [-0.05, 0) is 53.8 Å². The molecule has 0 bridgehead atoms. The zero-order valence-electron chi connectivity index (χ0n) is 19.7. The second-order valence-corrected chi connectivity index (χ2v) is 11.3. The van der Waals surface area contributed by atoms with E-state index in [4.69, 9.17) is 0 Å². The Kier molecular flexibility index (Phi) is 7.07. The maximum Gasteiger partial charge on any atom is 0.421 e. The van der Waals surface area contributed by atoms with Gasteiger partial charge in [-0.25, -0.2) is 8.42 Å². The molecule has 3 rings (SSSR count). The molecule has 190 valence electrons. The maximum absolute atomic E-state index is 13.1. The van der Waals surface area contributed by atoms with E-state index in [-0.39, 0.29) is 28.8 Å². The maximum atomic E-state index is 13.1. The van der Waals surface area contributed by atoms with Crippen LogP contribution in [0.1, 0.15) is 50.4 Å². The van der Waals surface area contributed by atoms with Crippen LogP contribution in [0, 0.1) is 5.92 Å². The molecule has 2 aromatic carbocycles. The van der Waals surface area contributed by atoms with Crippen LogP contribution in [0.3, 0.4) is 0 Å². The first-order chi connectivity index (χ1) is 16.0. The summed E-state index contributed by atoms with van der Waals surface area (Å²) < 4.78 is 64.4. The Labute approximate surface area is 201 Å². The first-order valence-electron chi connectivity index (χ1n) is 10.9. The number of carbonyl (C=O) groups is 2. The molecule has 1 aliphatic heterocycles. The van der Waals surface area contributed by atoms with Gasteiger partial charge in [-0.1, -0.05) is 32.0 Å². The molecule has 2 amide bonds. The third kappa shape index (κ3) is 5.35. The number of fused-ring (bicyclic) bond motifs is 1. The molecule has 2 atom stereocenters. The molecular weight excluding hydrogens is 485 g/mol. The van der Waals surface area contributed by atoms with E-state index in [2.05, 4.69) is 5.32 Å². The van der Waals surface area contributed by atoms with Crippen molar-refractivity contribution in [3.63, 3.8) is 0 Å². The van der Waals surface area contributed by atoms with Gasteiger partial charge in [0.25, 0.3) is 5.91 Å². The Morgan fingerprint density at radius 3 is 2.26 bits per heavy atom. The number of benzene rings is 2. The van der Waals surface area contributed by atoms with Crippen molar-refractivity contribution in [1.29, 1.82) is 0 Å². The van der Waals surface area contributed by atoms with Crippen molar-refractivity contribution in [1.82, 2.24) is 4.90 Å². The number of anilines is 1. The van der Waals surface area contributed by atoms with Crippen LogP contribution in [0.5, 0.6) is 0 Å². The molecule has 2 unspecified atom stereocenters. The molecule has 0 saturated carbocycles. The monoisotopic (exact) mass is 512 g/mol. The van der Waals surface area contributed by atoms with E-state index < -0.39 is 45.0 Å². The summed E-state index contributed by atoms with van der Waals surface area (Å²) in [5.74, 6) is -1.12. The molecule has 1 aliphatic rings. The van der Waals surface area contributed by atoms with E-state index in [1.807, 2.05) is 0 Å². The number of rotatable bonds is 6. The lowest BCUT2D eigenvalue weighted by molar-refractivity contribution is -0.258. The summed E-state index contributed by atoms with van der Waals surface area (Å²) in [6.45, 7) is 5.55. The molecule has 0 saturated heterocycles. The normalized spacial score (nSPS) is 17.7. The second kappa shape index (κ2) is 9.27. The van der Waals surface area contributed by atoms with Crippen LogP contribution in [-0.4, -0.2) is 42.2 Å². The number of hydrogen-bond acceptors (Lipinski definition) is 5. The summed E-state index contributed by atoms with van der Waals surface area (Å²) in [5, 5.41) is 12.4.